The molecular weight excluding hydrogens is 405 g/mol. The highest BCUT2D eigenvalue weighted by molar-refractivity contribution is 9.10. The highest BCUT2D eigenvalue weighted by Crippen LogP contribution is 2.44. The van der Waals surface area contributed by atoms with Crippen molar-refractivity contribution < 1.29 is 8.81 Å². The van der Waals surface area contributed by atoms with E-state index in [4.69, 9.17) is 21.8 Å². The van der Waals surface area contributed by atoms with Crippen LogP contribution in [0.4, 0.5) is 10.1 Å². The van der Waals surface area contributed by atoms with Gasteiger partial charge in [0.1, 0.15) is 10.9 Å². The van der Waals surface area contributed by atoms with Gasteiger partial charge in [0.15, 0.2) is 6.17 Å². The number of furan rings is 1. The number of fused-ring (bicyclic) bond motifs is 1. The van der Waals surface area contributed by atoms with Crippen LogP contribution in [0, 0.1) is 0 Å². The zero-order chi connectivity index (χ0) is 16.6. The van der Waals surface area contributed by atoms with Gasteiger partial charge < -0.3 is 15.5 Å². The molecule has 3 heterocycles. The number of anilines is 1. The van der Waals surface area contributed by atoms with E-state index in [0.29, 0.717) is 26.6 Å². The van der Waals surface area contributed by atoms with Crippen LogP contribution in [0.2, 0.25) is 5.15 Å². The van der Waals surface area contributed by atoms with Gasteiger partial charge in [-0.3, -0.25) is 0 Å². The molecule has 3 rings (SSSR count). The van der Waals surface area contributed by atoms with Gasteiger partial charge in [-0.2, -0.15) is 0 Å². The summed E-state index contributed by atoms with van der Waals surface area (Å²) in [7, 11) is 0. The largest absolute Gasteiger partial charge is 0.467 e. The maximum absolute atomic E-state index is 14.4. The van der Waals surface area contributed by atoms with Gasteiger partial charge in [0.25, 0.3) is 0 Å². The number of nitrogens with zero attached hydrogens (tertiary/aromatic N) is 1. The van der Waals surface area contributed by atoms with E-state index in [1.54, 1.807) is 19.3 Å². The highest BCUT2D eigenvalue weighted by atomic mass is 79.9. The number of nitrogens with one attached hydrogen (secondary N) is 1. The van der Waals surface area contributed by atoms with Gasteiger partial charge in [-0.15, -0.1) is 11.3 Å². The predicted octanol–water partition coefficient (Wildman–Crippen LogP) is 5.28. The number of alkyl halides is 1. The van der Waals surface area contributed by atoms with Crippen molar-refractivity contribution in [3.8, 4) is 0 Å². The van der Waals surface area contributed by atoms with Crippen LogP contribution in [0.1, 0.15) is 23.7 Å². The topological polar surface area (TPSA) is 64.1 Å². The summed E-state index contributed by atoms with van der Waals surface area (Å²) in [5.74, 6) is 0.792. The van der Waals surface area contributed by atoms with Gasteiger partial charge in [-0.25, -0.2) is 9.37 Å². The summed E-state index contributed by atoms with van der Waals surface area (Å²) in [6, 6.07) is 4.81. The van der Waals surface area contributed by atoms with Crippen molar-refractivity contribution in [3.63, 3.8) is 0 Å². The first-order chi connectivity index (χ1) is 11.0. The highest BCUT2D eigenvalue weighted by Gasteiger charge is 2.24. The SMILES string of the molecule is C[C@H](N)C(F)c1sc2c(NCc3ccco3)cc(Cl)nc2c1Br. The maximum Gasteiger partial charge on any atom is 0.150 e. The van der Waals surface area contributed by atoms with Crippen LogP contribution in [0.3, 0.4) is 0 Å². The molecule has 0 fully saturated rings. The Bertz CT molecular complexity index is 822. The standard InChI is InChI=1S/C15H14BrClFN3OS/c1-7(19)12(18)15-11(16)13-14(23-15)9(5-10(17)21-13)20-6-8-3-2-4-22-8/h2-5,7,12H,6,19H2,1H3,(H,20,21)/t7-,12?/m0/s1. The minimum absolute atomic E-state index is 0.334. The van der Waals surface area contributed by atoms with E-state index in [-0.39, 0.29) is 0 Å². The molecule has 0 radical (unpaired) electrons. The molecule has 0 aliphatic heterocycles. The monoisotopic (exact) mass is 417 g/mol. The van der Waals surface area contributed by atoms with Crippen LogP contribution >= 0.6 is 38.9 Å². The molecule has 122 valence electrons. The first-order valence-corrected chi connectivity index (χ1v) is 8.90. The normalized spacial score (nSPS) is 14.1. The average molecular weight is 419 g/mol. The van der Waals surface area contributed by atoms with E-state index < -0.39 is 12.2 Å². The zero-order valence-corrected chi connectivity index (χ0v) is 15.3. The van der Waals surface area contributed by atoms with Crippen molar-refractivity contribution >= 4 is 54.8 Å². The number of pyridine rings is 1. The Balaban J connectivity index is 2.02. The fourth-order valence-corrected chi connectivity index (χ4v) is 4.46. The summed E-state index contributed by atoms with van der Waals surface area (Å²) in [5.41, 5.74) is 7.10. The van der Waals surface area contributed by atoms with Gasteiger partial charge in [0, 0.05) is 12.1 Å². The molecule has 3 N–H and O–H groups in total. The molecule has 0 aromatic carbocycles. The molecule has 8 heteroatoms. The number of hydrogen-bond acceptors (Lipinski definition) is 5. The molecule has 0 saturated carbocycles. The molecule has 3 aromatic heterocycles. The molecule has 23 heavy (non-hydrogen) atoms. The minimum Gasteiger partial charge on any atom is -0.467 e. The van der Waals surface area contributed by atoms with Crippen molar-refractivity contribution in [2.45, 2.75) is 25.7 Å². The smallest absolute Gasteiger partial charge is 0.150 e. The van der Waals surface area contributed by atoms with E-state index in [9.17, 15) is 4.39 Å². The van der Waals surface area contributed by atoms with E-state index in [1.807, 2.05) is 12.1 Å². The van der Waals surface area contributed by atoms with E-state index in [2.05, 4.69) is 26.2 Å². The molecule has 0 aliphatic carbocycles. The summed E-state index contributed by atoms with van der Waals surface area (Å²) in [4.78, 5) is 4.82. The second kappa shape index (κ2) is 6.76. The number of halogens is 3. The fraction of sp³-hybridized carbons (Fsp3) is 0.267. The predicted molar refractivity (Wildman–Crippen MR) is 95.9 cm³/mol. The lowest BCUT2D eigenvalue weighted by molar-refractivity contribution is 0.304. The zero-order valence-electron chi connectivity index (χ0n) is 12.1. The summed E-state index contributed by atoms with van der Waals surface area (Å²) in [5, 5.41) is 3.59. The molecule has 0 bridgehead atoms. The second-order valence-corrected chi connectivity index (χ2v) is 7.38. The Morgan fingerprint density at radius 2 is 2.35 bits per heavy atom. The lowest BCUT2D eigenvalue weighted by Crippen LogP contribution is -2.21. The molecule has 0 amide bonds. The molecule has 4 nitrogen and oxygen atoms in total. The number of rotatable bonds is 5. The van der Waals surface area contributed by atoms with Crippen molar-refractivity contribution in [2.24, 2.45) is 5.73 Å². The molecular formula is C15H14BrClFN3OS. The van der Waals surface area contributed by atoms with Crippen LogP contribution in [-0.2, 0) is 6.54 Å². The molecule has 0 saturated heterocycles. The number of hydrogen-bond donors (Lipinski definition) is 2. The lowest BCUT2D eigenvalue weighted by Gasteiger charge is -2.09. The Morgan fingerprint density at radius 1 is 1.57 bits per heavy atom. The molecule has 3 aromatic rings. The van der Waals surface area contributed by atoms with Crippen molar-refractivity contribution in [3.05, 3.63) is 44.7 Å². The van der Waals surface area contributed by atoms with Crippen LogP contribution in [-0.4, -0.2) is 11.0 Å². The van der Waals surface area contributed by atoms with Gasteiger partial charge in [0.2, 0.25) is 0 Å². The Kier molecular flexibility index (Phi) is 4.91. The Labute approximate surface area is 150 Å². The lowest BCUT2D eigenvalue weighted by atomic mass is 10.2. The number of aromatic nitrogens is 1. The summed E-state index contributed by atoms with van der Waals surface area (Å²) in [6.45, 7) is 2.14. The van der Waals surface area contributed by atoms with Crippen LogP contribution in [0.5, 0.6) is 0 Å². The van der Waals surface area contributed by atoms with Gasteiger partial charge in [-0.05, 0) is 35.0 Å². The fourth-order valence-electron chi connectivity index (χ4n) is 2.17. The average Bonchev–Trinajstić information content (AvgIpc) is 3.13. The molecule has 0 spiro atoms. The maximum atomic E-state index is 14.4. The first kappa shape index (κ1) is 16.7. The summed E-state index contributed by atoms with van der Waals surface area (Å²) < 4.78 is 21.1. The van der Waals surface area contributed by atoms with Crippen molar-refractivity contribution in [1.82, 2.24) is 4.98 Å². The van der Waals surface area contributed by atoms with E-state index in [1.165, 1.54) is 11.3 Å². The quantitative estimate of drug-likeness (QED) is 0.554. The summed E-state index contributed by atoms with van der Waals surface area (Å²) >= 11 is 10.8. The third-order valence-corrected chi connectivity index (χ3v) is 5.85. The number of nitrogens with two attached hydrogens (primary N) is 1. The third-order valence-electron chi connectivity index (χ3n) is 3.32. The summed E-state index contributed by atoms with van der Waals surface area (Å²) in [6.07, 6.45) is 0.350. The van der Waals surface area contributed by atoms with Crippen LogP contribution < -0.4 is 11.1 Å². The second-order valence-electron chi connectivity index (χ2n) is 5.14. The molecule has 0 aliphatic rings. The van der Waals surface area contributed by atoms with Gasteiger partial charge in [-0.1, -0.05) is 11.6 Å². The Morgan fingerprint density at radius 3 is 3.00 bits per heavy atom. The minimum atomic E-state index is -1.26. The molecule has 1 unspecified atom stereocenters. The Hall–Kier alpha value is -1.15. The van der Waals surface area contributed by atoms with Gasteiger partial charge >= 0.3 is 0 Å². The third kappa shape index (κ3) is 3.38. The van der Waals surface area contributed by atoms with Crippen LogP contribution in [0.25, 0.3) is 10.2 Å². The first-order valence-electron chi connectivity index (χ1n) is 6.91. The van der Waals surface area contributed by atoms with Crippen LogP contribution in [0.15, 0.2) is 33.4 Å². The number of thiophene rings is 1. The van der Waals surface area contributed by atoms with Gasteiger partial charge in [0.05, 0.1) is 38.1 Å². The van der Waals surface area contributed by atoms with Crippen molar-refractivity contribution in [2.75, 3.05) is 5.32 Å². The molecule has 2 atom stereocenters. The van der Waals surface area contributed by atoms with E-state index in [0.717, 1.165) is 16.1 Å². The van der Waals surface area contributed by atoms with Crippen molar-refractivity contribution in [1.29, 1.82) is 0 Å². The van der Waals surface area contributed by atoms with E-state index >= 15 is 0 Å².